The lowest BCUT2D eigenvalue weighted by molar-refractivity contribution is -0.384. The molecule has 2 rings (SSSR count). The third-order valence-corrected chi connectivity index (χ3v) is 4.76. The lowest BCUT2D eigenvalue weighted by atomic mass is 9.98. The van der Waals surface area contributed by atoms with Gasteiger partial charge >= 0.3 is 0 Å². The minimum Gasteiger partial charge on any atom is -0.484 e. The number of ether oxygens (including phenoxy) is 1. The van der Waals surface area contributed by atoms with Crippen molar-refractivity contribution in [2.75, 3.05) is 13.7 Å². The SMILES string of the molecule is Cc1cc(OCC(=O)N(C)[C@@H](C)c2cccc([N+](=O)[O-])c2)ccc1C(C)C. The number of likely N-dealkylation sites (N-methyl/N-ethyl adjacent to an activating group) is 1. The van der Waals surface area contributed by atoms with Crippen LogP contribution in [0.25, 0.3) is 0 Å². The first-order chi connectivity index (χ1) is 12.7. The molecule has 6 nitrogen and oxygen atoms in total. The molecule has 0 saturated carbocycles. The Kier molecular flexibility index (Phi) is 6.55. The minimum absolute atomic E-state index is 0.0113. The summed E-state index contributed by atoms with van der Waals surface area (Å²) in [6, 6.07) is 11.9. The van der Waals surface area contributed by atoms with E-state index in [0.717, 1.165) is 5.56 Å². The number of benzene rings is 2. The van der Waals surface area contributed by atoms with Crippen LogP contribution in [0.15, 0.2) is 42.5 Å². The molecule has 0 bridgehead atoms. The zero-order valence-corrected chi connectivity index (χ0v) is 16.4. The van der Waals surface area contributed by atoms with Gasteiger partial charge in [0.1, 0.15) is 5.75 Å². The van der Waals surface area contributed by atoms with E-state index >= 15 is 0 Å². The normalized spacial score (nSPS) is 11.9. The van der Waals surface area contributed by atoms with Crippen molar-refractivity contribution in [3.63, 3.8) is 0 Å². The molecule has 0 aliphatic carbocycles. The third-order valence-electron chi connectivity index (χ3n) is 4.76. The molecule has 27 heavy (non-hydrogen) atoms. The molecule has 0 spiro atoms. The van der Waals surface area contributed by atoms with E-state index in [1.807, 2.05) is 32.0 Å². The van der Waals surface area contributed by atoms with Gasteiger partial charge in [0.15, 0.2) is 6.61 Å². The second-order valence-electron chi connectivity index (χ2n) is 6.99. The number of non-ortho nitro benzene ring substituents is 1. The quantitative estimate of drug-likeness (QED) is 0.526. The summed E-state index contributed by atoms with van der Waals surface area (Å²) < 4.78 is 5.65. The Morgan fingerprint density at radius 1 is 1.19 bits per heavy atom. The maximum atomic E-state index is 12.5. The monoisotopic (exact) mass is 370 g/mol. The Hall–Kier alpha value is -2.89. The Morgan fingerprint density at radius 2 is 1.89 bits per heavy atom. The van der Waals surface area contributed by atoms with E-state index in [-0.39, 0.29) is 24.2 Å². The Labute approximate surface area is 159 Å². The second-order valence-corrected chi connectivity index (χ2v) is 6.99. The van der Waals surface area contributed by atoms with E-state index in [0.29, 0.717) is 17.2 Å². The van der Waals surface area contributed by atoms with E-state index in [2.05, 4.69) is 13.8 Å². The fourth-order valence-electron chi connectivity index (χ4n) is 2.97. The summed E-state index contributed by atoms with van der Waals surface area (Å²) in [6.07, 6.45) is 0. The maximum absolute atomic E-state index is 12.5. The van der Waals surface area contributed by atoms with E-state index in [1.165, 1.54) is 22.6 Å². The van der Waals surface area contributed by atoms with Crippen LogP contribution in [-0.4, -0.2) is 29.4 Å². The second kappa shape index (κ2) is 8.66. The zero-order chi connectivity index (χ0) is 20.1. The van der Waals surface area contributed by atoms with E-state index in [4.69, 9.17) is 4.74 Å². The van der Waals surface area contributed by atoms with Gasteiger partial charge in [-0.15, -0.1) is 0 Å². The van der Waals surface area contributed by atoms with Crippen LogP contribution >= 0.6 is 0 Å². The number of carbonyl (C=O) groups excluding carboxylic acids is 1. The summed E-state index contributed by atoms with van der Waals surface area (Å²) in [5, 5.41) is 10.9. The van der Waals surface area contributed by atoms with Gasteiger partial charge in [0.25, 0.3) is 11.6 Å². The van der Waals surface area contributed by atoms with Gasteiger partial charge in [-0.1, -0.05) is 32.0 Å². The van der Waals surface area contributed by atoms with Gasteiger partial charge in [-0.2, -0.15) is 0 Å². The van der Waals surface area contributed by atoms with Crippen LogP contribution in [-0.2, 0) is 4.79 Å². The molecule has 6 heteroatoms. The van der Waals surface area contributed by atoms with Gasteiger partial charge in [0.05, 0.1) is 11.0 Å². The number of hydrogen-bond donors (Lipinski definition) is 0. The predicted molar refractivity (Wildman–Crippen MR) is 105 cm³/mol. The summed E-state index contributed by atoms with van der Waals surface area (Å²) in [6.45, 7) is 8.04. The average molecular weight is 370 g/mol. The van der Waals surface area contributed by atoms with Crippen LogP contribution in [0.3, 0.4) is 0 Å². The molecule has 2 aromatic carbocycles. The van der Waals surface area contributed by atoms with Gasteiger partial charge < -0.3 is 9.64 Å². The highest BCUT2D eigenvalue weighted by Gasteiger charge is 2.20. The van der Waals surface area contributed by atoms with Gasteiger partial charge in [-0.25, -0.2) is 0 Å². The molecule has 1 atom stereocenters. The third kappa shape index (κ3) is 5.06. The van der Waals surface area contributed by atoms with Crippen molar-refractivity contribution < 1.29 is 14.5 Å². The molecule has 1 amide bonds. The molecule has 0 radical (unpaired) electrons. The smallest absolute Gasteiger partial charge is 0.269 e. The largest absolute Gasteiger partial charge is 0.484 e. The van der Waals surface area contributed by atoms with Crippen LogP contribution in [0, 0.1) is 17.0 Å². The molecule has 0 aliphatic heterocycles. The van der Waals surface area contributed by atoms with Crippen molar-refractivity contribution in [2.24, 2.45) is 0 Å². The van der Waals surface area contributed by atoms with Crippen LogP contribution in [0.4, 0.5) is 5.69 Å². The van der Waals surface area contributed by atoms with Crippen molar-refractivity contribution in [1.82, 2.24) is 4.90 Å². The summed E-state index contributed by atoms with van der Waals surface area (Å²) in [5.41, 5.74) is 3.10. The standard InChI is InChI=1S/C21H26N2O4/c1-14(2)20-10-9-19(11-15(20)3)27-13-21(24)22(5)16(4)17-7-6-8-18(12-17)23(25)26/h6-12,14,16H,13H2,1-5H3/t16-/m0/s1. The van der Waals surface area contributed by atoms with Crippen molar-refractivity contribution in [1.29, 1.82) is 0 Å². The lowest BCUT2D eigenvalue weighted by Crippen LogP contribution is -2.33. The summed E-state index contributed by atoms with van der Waals surface area (Å²) in [4.78, 5) is 24.5. The van der Waals surface area contributed by atoms with Gasteiger partial charge in [-0.05, 0) is 48.6 Å². The van der Waals surface area contributed by atoms with Crippen LogP contribution < -0.4 is 4.74 Å². The Morgan fingerprint density at radius 3 is 2.48 bits per heavy atom. The van der Waals surface area contributed by atoms with Crippen molar-refractivity contribution in [3.8, 4) is 5.75 Å². The first-order valence-corrected chi connectivity index (χ1v) is 8.94. The number of carbonyl (C=O) groups is 1. The number of nitro benzene ring substituents is 1. The van der Waals surface area contributed by atoms with Crippen molar-refractivity contribution in [3.05, 3.63) is 69.3 Å². The van der Waals surface area contributed by atoms with Crippen LogP contribution in [0.2, 0.25) is 0 Å². The van der Waals surface area contributed by atoms with Gasteiger partial charge in [-0.3, -0.25) is 14.9 Å². The number of nitrogens with zero attached hydrogens (tertiary/aromatic N) is 2. The molecule has 0 unspecified atom stereocenters. The highest BCUT2D eigenvalue weighted by Crippen LogP contribution is 2.25. The van der Waals surface area contributed by atoms with Gasteiger partial charge in [0.2, 0.25) is 0 Å². The van der Waals surface area contributed by atoms with E-state index in [9.17, 15) is 14.9 Å². The molecule has 0 heterocycles. The molecule has 144 valence electrons. The number of hydrogen-bond acceptors (Lipinski definition) is 4. The molecule has 0 saturated heterocycles. The summed E-state index contributed by atoms with van der Waals surface area (Å²) >= 11 is 0. The number of aryl methyl sites for hydroxylation is 1. The van der Waals surface area contributed by atoms with Crippen molar-refractivity contribution >= 4 is 11.6 Å². The highest BCUT2D eigenvalue weighted by atomic mass is 16.6. The van der Waals surface area contributed by atoms with Gasteiger partial charge in [0, 0.05) is 19.2 Å². The molecule has 0 fully saturated rings. The molecule has 0 aliphatic rings. The predicted octanol–water partition coefficient (Wildman–Crippen LogP) is 4.63. The average Bonchev–Trinajstić information content (AvgIpc) is 2.64. The summed E-state index contributed by atoms with van der Waals surface area (Å²) in [7, 11) is 1.67. The van der Waals surface area contributed by atoms with E-state index in [1.54, 1.807) is 19.2 Å². The molecule has 0 aromatic heterocycles. The number of amides is 1. The lowest BCUT2D eigenvalue weighted by Gasteiger charge is -2.25. The first kappa shape index (κ1) is 20.4. The highest BCUT2D eigenvalue weighted by molar-refractivity contribution is 5.78. The molecule has 0 N–H and O–H groups in total. The Bertz CT molecular complexity index is 833. The molecular weight excluding hydrogens is 344 g/mol. The fraction of sp³-hybridized carbons (Fsp3) is 0.381. The first-order valence-electron chi connectivity index (χ1n) is 8.94. The van der Waals surface area contributed by atoms with Crippen LogP contribution in [0.5, 0.6) is 5.75 Å². The molecular formula is C21H26N2O4. The maximum Gasteiger partial charge on any atom is 0.269 e. The fourth-order valence-corrected chi connectivity index (χ4v) is 2.97. The number of rotatable bonds is 7. The summed E-state index contributed by atoms with van der Waals surface area (Å²) in [5.74, 6) is 0.892. The van der Waals surface area contributed by atoms with Crippen molar-refractivity contribution in [2.45, 2.75) is 39.7 Å². The van der Waals surface area contributed by atoms with Crippen LogP contribution in [0.1, 0.15) is 49.4 Å². The Balaban J connectivity index is 2.02. The topological polar surface area (TPSA) is 72.7 Å². The minimum atomic E-state index is -0.440. The number of nitro groups is 1. The molecule has 2 aromatic rings. The van der Waals surface area contributed by atoms with E-state index < -0.39 is 4.92 Å². The zero-order valence-electron chi connectivity index (χ0n) is 16.4.